The highest BCUT2D eigenvalue weighted by atomic mass is 16.5. The van der Waals surface area contributed by atoms with Crippen LogP contribution in [0.1, 0.15) is 19.0 Å². The fraction of sp³-hybridized carbons (Fsp3) is 0.476. The number of ether oxygens (including phenoxy) is 3. The number of nitrogens with one attached hydrogen (secondary N) is 2. The minimum atomic E-state index is 0.614. The molecule has 3 heterocycles. The molecule has 1 aliphatic rings. The predicted octanol–water partition coefficient (Wildman–Crippen LogP) is 2.77. The first-order valence-corrected chi connectivity index (χ1v) is 10.3. The molecule has 2 N–H and O–H groups in total. The van der Waals surface area contributed by atoms with Gasteiger partial charge in [-0.2, -0.15) is 5.10 Å². The van der Waals surface area contributed by atoms with Gasteiger partial charge in [-0.1, -0.05) is 6.92 Å². The molecule has 0 spiro atoms. The van der Waals surface area contributed by atoms with Gasteiger partial charge < -0.3 is 19.5 Å². The summed E-state index contributed by atoms with van der Waals surface area (Å²) in [5.41, 5.74) is 1.77. The van der Waals surface area contributed by atoms with Crippen molar-refractivity contribution < 1.29 is 14.2 Å². The van der Waals surface area contributed by atoms with E-state index in [4.69, 9.17) is 14.2 Å². The van der Waals surface area contributed by atoms with Crippen molar-refractivity contribution in [1.29, 1.82) is 0 Å². The monoisotopic (exact) mass is 412 g/mol. The Hall–Kier alpha value is -2.91. The van der Waals surface area contributed by atoms with E-state index in [-0.39, 0.29) is 0 Å². The average Bonchev–Trinajstić information content (AvgIpc) is 3.25. The maximum Gasteiger partial charge on any atom is 0.163 e. The Bertz CT molecular complexity index is 971. The number of rotatable bonds is 9. The van der Waals surface area contributed by atoms with E-state index in [9.17, 15) is 0 Å². The molecule has 0 unspecified atom stereocenters. The van der Waals surface area contributed by atoms with Gasteiger partial charge in [0.05, 0.1) is 38.1 Å². The van der Waals surface area contributed by atoms with Crippen molar-refractivity contribution >= 4 is 22.5 Å². The number of anilines is 2. The number of fused-ring (bicyclic) bond motifs is 1. The van der Waals surface area contributed by atoms with Crippen LogP contribution >= 0.6 is 0 Å². The van der Waals surface area contributed by atoms with Crippen LogP contribution in [0.4, 0.5) is 11.6 Å². The molecule has 9 nitrogen and oxygen atoms in total. The molecule has 160 valence electrons. The maximum atomic E-state index is 6.02. The lowest BCUT2D eigenvalue weighted by atomic mass is 10.2. The molecule has 9 heteroatoms. The molecule has 1 fully saturated rings. The molecule has 1 aliphatic heterocycles. The molecule has 0 bridgehead atoms. The summed E-state index contributed by atoms with van der Waals surface area (Å²) in [4.78, 5) is 11.2. The second-order valence-electron chi connectivity index (χ2n) is 7.15. The summed E-state index contributed by atoms with van der Waals surface area (Å²) in [6.45, 7) is 7.28. The molecule has 0 radical (unpaired) electrons. The van der Waals surface area contributed by atoms with Crippen LogP contribution in [0.3, 0.4) is 0 Å². The van der Waals surface area contributed by atoms with Crippen molar-refractivity contribution in [3.8, 4) is 11.5 Å². The minimum Gasteiger partial charge on any atom is -0.493 e. The van der Waals surface area contributed by atoms with E-state index >= 15 is 0 Å². The first-order valence-electron chi connectivity index (χ1n) is 10.3. The van der Waals surface area contributed by atoms with Gasteiger partial charge in [0.25, 0.3) is 0 Å². The Labute approximate surface area is 175 Å². The number of morpholine rings is 1. The molecular formula is C21H28N6O3. The zero-order chi connectivity index (χ0) is 20.8. The van der Waals surface area contributed by atoms with Gasteiger partial charge in [0.15, 0.2) is 11.5 Å². The molecule has 0 amide bonds. The molecule has 0 atom stereocenters. The van der Waals surface area contributed by atoms with E-state index in [2.05, 4.69) is 37.3 Å². The van der Waals surface area contributed by atoms with Crippen LogP contribution < -0.4 is 14.8 Å². The number of hydrogen-bond acceptors (Lipinski definition) is 8. The molecule has 30 heavy (non-hydrogen) atoms. The van der Waals surface area contributed by atoms with E-state index < -0.39 is 0 Å². The van der Waals surface area contributed by atoms with Gasteiger partial charge >= 0.3 is 0 Å². The summed E-state index contributed by atoms with van der Waals surface area (Å²) in [5.74, 6) is 2.81. The third-order valence-electron chi connectivity index (χ3n) is 5.15. The van der Waals surface area contributed by atoms with Crippen molar-refractivity contribution in [2.75, 3.05) is 51.9 Å². The molecule has 1 saturated heterocycles. The van der Waals surface area contributed by atoms with Crippen LogP contribution in [-0.4, -0.2) is 71.6 Å². The highest BCUT2D eigenvalue weighted by Gasteiger charge is 2.14. The molecule has 1 aromatic carbocycles. The largest absolute Gasteiger partial charge is 0.493 e. The highest BCUT2D eigenvalue weighted by molar-refractivity contribution is 5.92. The van der Waals surface area contributed by atoms with Gasteiger partial charge in [-0.05, 0) is 18.9 Å². The van der Waals surface area contributed by atoms with Crippen molar-refractivity contribution in [2.24, 2.45) is 0 Å². The third-order valence-corrected chi connectivity index (χ3v) is 5.15. The zero-order valence-corrected chi connectivity index (χ0v) is 17.5. The number of methoxy groups -OCH3 is 1. The Kier molecular flexibility index (Phi) is 6.60. The van der Waals surface area contributed by atoms with Crippen molar-refractivity contribution in [2.45, 2.75) is 19.8 Å². The molecule has 4 rings (SSSR count). The topological polar surface area (TPSA) is 97.4 Å². The Balaban J connectivity index is 1.46. The number of hydrogen-bond donors (Lipinski definition) is 2. The second kappa shape index (κ2) is 9.73. The van der Waals surface area contributed by atoms with E-state index in [1.807, 2.05) is 18.2 Å². The number of nitrogens with zero attached hydrogens (tertiary/aromatic N) is 4. The fourth-order valence-electron chi connectivity index (χ4n) is 3.47. The van der Waals surface area contributed by atoms with Crippen LogP contribution in [-0.2, 0) is 11.2 Å². The SMILES string of the molecule is CCc1cc(Nc2ncnc3cc(OCCCN4CCOCC4)c(OC)cc23)[nH]n1. The molecule has 3 aromatic rings. The molecule has 0 aliphatic carbocycles. The van der Waals surface area contributed by atoms with E-state index in [0.717, 1.165) is 68.1 Å². The highest BCUT2D eigenvalue weighted by Crippen LogP contribution is 2.34. The average molecular weight is 412 g/mol. The van der Waals surface area contributed by atoms with Crippen molar-refractivity contribution in [3.63, 3.8) is 0 Å². The van der Waals surface area contributed by atoms with Gasteiger partial charge in [-0.3, -0.25) is 10.00 Å². The third kappa shape index (κ3) is 4.80. The summed E-state index contributed by atoms with van der Waals surface area (Å²) in [6, 6.07) is 5.78. The van der Waals surface area contributed by atoms with E-state index in [1.165, 1.54) is 6.33 Å². The first-order chi connectivity index (χ1) is 14.8. The van der Waals surface area contributed by atoms with Crippen molar-refractivity contribution in [1.82, 2.24) is 25.1 Å². The predicted molar refractivity (Wildman–Crippen MR) is 115 cm³/mol. The zero-order valence-electron chi connectivity index (χ0n) is 17.5. The van der Waals surface area contributed by atoms with Crippen molar-refractivity contribution in [3.05, 3.63) is 30.2 Å². The molecule has 0 saturated carbocycles. The number of aryl methyl sites for hydroxylation is 1. The minimum absolute atomic E-state index is 0.614. The summed E-state index contributed by atoms with van der Waals surface area (Å²) >= 11 is 0. The van der Waals surface area contributed by atoms with Crippen LogP contribution in [0.15, 0.2) is 24.5 Å². The van der Waals surface area contributed by atoms with Gasteiger partial charge in [-0.15, -0.1) is 0 Å². The standard InChI is InChI=1S/C21H28N6O3/c1-3-15-11-20(26-25-15)24-21-16-12-18(28-2)19(13-17(16)22-14-23-21)30-8-4-5-27-6-9-29-10-7-27/h11-14H,3-10H2,1-2H3,(H2,22,23,24,25,26). The summed E-state index contributed by atoms with van der Waals surface area (Å²) < 4.78 is 17.0. The van der Waals surface area contributed by atoms with E-state index in [0.29, 0.717) is 23.9 Å². The van der Waals surface area contributed by atoms with Gasteiger partial charge in [0.2, 0.25) is 0 Å². The lowest BCUT2D eigenvalue weighted by Crippen LogP contribution is -2.37. The van der Waals surface area contributed by atoms with Crippen LogP contribution in [0, 0.1) is 0 Å². The van der Waals surface area contributed by atoms with Gasteiger partial charge in [0, 0.05) is 37.2 Å². The number of aromatic nitrogens is 4. The molecular weight excluding hydrogens is 384 g/mol. The lowest BCUT2D eigenvalue weighted by molar-refractivity contribution is 0.0357. The maximum absolute atomic E-state index is 6.02. The van der Waals surface area contributed by atoms with Crippen LogP contribution in [0.2, 0.25) is 0 Å². The summed E-state index contributed by atoms with van der Waals surface area (Å²) in [7, 11) is 1.64. The van der Waals surface area contributed by atoms with Crippen LogP contribution in [0.5, 0.6) is 11.5 Å². The number of H-pyrrole nitrogens is 1. The number of benzene rings is 1. The smallest absolute Gasteiger partial charge is 0.163 e. The normalized spacial score (nSPS) is 14.7. The van der Waals surface area contributed by atoms with E-state index in [1.54, 1.807) is 7.11 Å². The summed E-state index contributed by atoms with van der Waals surface area (Å²) in [5, 5.41) is 11.4. The lowest BCUT2D eigenvalue weighted by Gasteiger charge is -2.26. The Morgan fingerprint density at radius 1 is 1.17 bits per heavy atom. The Morgan fingerprint density at radius 2 is 2.03 bits per heavy atom. The van der Waals surface area contributed by atoms with Crippen LogP contribution in [0.25, 0.3) is 10.9 Å². The van der Waals surface area contributed by atoms with Gasteiger partial charge in [0.1, 0.15) is 18.0 Å². The molecule has 2 aromatic heterocycles. The fourth-order valence-corrected chi connectivity index (χ4v) is 3.47. The van der Waals surface area contributed by atoms with Gasteiger partial charge in [-0.25, -0.2) is 9.97 Å². The summed E-state index contributed by atoms with van der Waals surface area (Å²) in [6.07, 6.45) is 3.34. The number of aromatic amines is 1. The first kappa shape index (κ1) is 20.4. The quantitative estimate of drug-likeness (QED) is 0.518. The second-order valence-corrected chi connectivity index (χ2v) is 7.15. The Morgan fingerprint density at radius 3 is 2.80 bits per heavy atom.